The summed E-state index contributed by atoms with van der Waals surface area (Å²) in [7, 11) is -3.44. The van der Waals surface area contributed by atoms with Gasteiger partial charge in [0.05, 0.1) is 28.1 Å². The van der Waals surface area contributed by atoms with Crippen LogP contribution < -0.4 is 5.32 Å². The van der Waals surface area contributed by atoms with Crippen molar-refractivity contribution in [1.29, 1.82) is 0 Å². The predicted molar refractivity (Wildman–Crippen MR) is 78.0 cm³/mol. The molecule has 0 unspecified atom stereocenters. The van der Waals surface area contributed by atoms with Gasteiger partial charge in [-0.25, -0.2) is 8.42 Å². The normalized spacial score (nSPS) is 11.1. The summed E-state index contributed by atoms with van der Waals surface area (Å²) in [5.74, 6) is -0.748. The Kier molecular flexibility index (Phi) is 4.23. The topological polar surface area (TPSA) is 96.4 Å². The number of hydrogen-bond acceptors (Lipinski definition) is 5. The maximum Gasteiger partial charge on any atom is 0.257 e. The van der Waals surface area contributed by atoms with Gasteiger partial charge < -0.3 is 10.4 Å². The fourth-order valence-electron chi connectivity index (χ4n) is 1.74. The Morgan fingerprint density at radius 2 is 2.00 bits per heavy atom. The van der Waals surface area contributed by atoms with Gasteiger partial charge in [0.25, 0.3) is 5.91 Å². The number of carbonyl (C=O) groups excluding carboxylic acids is 1. The van der Waals surface area contributed by atoms with Crippen molar-refractivity contribution in [3.8, 4) is 5.75 Å². The number of aromatic nitrogens is 1. The Morgan fingerprint density at radius 1 is 1.29 bits per heavy atom. The molecular weight excluding hydrogens is 292 g/mol. The molecule has 0 aliphatic heterocycles. The largest absolute Gasteiger partial charge is 0.506 e. The van der Waals surface area contributed by atoms with Crippen LogP contribution in [0, 0.1) is 0 Å². The van der Waals surface area contributed by atoms with Crippen LogP contribution in [0.1, 0.15) is 17.3 Å². The Labute approximate surface area is 122 Å². The first-order valence-corrected chi connectivity index (χ1v) is 7.86. The van der Waals surface area contributed by atoms with Crippen LogP contribution >= 0.6 is 0 Å². The number of amides is 1. The lowest BCUT2D eigenvalue weighted by molar-refractivity contribution is 0.102. The highest BCUT2D eigenvalue weighted by Gasteiger charge is 2.18. The first-order valence-electron chi connectivity index (χ1n) is 6.21. The molecule has 0 saturated heterocycles. The molecule has 2 aromatic rings. The van der Waals surface area contributed by atoms with Crippen molar-refractivity contribution in [3.05, 3.63) is 48.3 Å². The fourth-order valence-corrected chi connectivity index (χ4v) is 2.79. The highest BCUT2D eigenvalue weighted by atomic mass is 32.2. The van der Waals surface area contributed by atoms with E-state index in [1.807, 2.05) is 0 Å². The molecule has 6 nitrogen and oxygen atoms in total. The van der Waals surface area contributed by atoms with E-state index in [2.05, 4.69) is 10.3 Å². The number of benzene rings is 1. The number of rotatable bonds is 4. The lowest BCUT2D eigenvalue weighted by atomic mass is 10.2. The first kappa shape index (κ1) is 15.0. The number of anilines is 1. The third kappa shape index (κ3) is 3.38. The number of sulfone groups is 1. The van der Waals surface area contributed by atoms with Crippen molar-refractivity contribution >= 4 is 21.4 Å². The quantitative estimate of drug-likeness (QED) is 0.898. The van der Waals surface area contributed by atoms with E-state index in [0.29, 0.717) is 0 Å². The molecule has 0 spiro atoms. The average molecular weight is 306 g/mol. The van der Waals surface area contributed by atoms with Crippen LogP contribution in [-0.2, 0) is 9.84 Å². The predicted octanol–water partition coefficient (Wildman–Crippen LogP) is 1.83. The Balaban J connectivity index is 2.35. The van der Waals surface area contributed by atoms with Crippen molar-refractivity contribution < 1.29 is 18.3 Å². The minimum absolute atomic E-state index is 0.0619. The number of pyridine rings is 1. The third-order valence-corrected chi connectivity index (χ3v) is 4.62. The number of aromatic hydroxyl groups is 1. The molecule has 1 aromatic heterocycles. The maximum absolute atomic E-state index is 12.1. The number of nitrogens with one attached hydrogen (secondary N) is 1. The lowest BCUT2D eigenvalue weighted by Gasteiger charge is -2.10. The van der Waals surface area contributed by atoms with Gasteiger partial charge in [-0.2, -0.15) is 0 Å². The maximum atomic E-state index is 12.1. The van der Waals surface area contributed by atoms with Gasteiger partial charge in [0.1, 0.15) is 5.75 Å². The molecule has 0 atom stereocenters. The zero-order chi connectivity index (χ0) is 15.5. The van der Waals surface area contributed by atoms with Crippen LogP contribution in [-0.4, -0.2) is 30.2 Å². The lowest BCUT2D eigenvalue weighted by Crippen LogP contribution is -2.15. The molecule has 110 valence electrons. The Morgan fingerprint density at radius 3 is 2.67 bits per heavy atom. The molecule has 2 rings (SSSR count). The first-order chi connectivity index (χ1) is 9.94. The van der Waals surface area contributed by atoms with Crippen molar-refractivity contribution in [3.63, 3.8) is 0 Å². The van der Waals surface area contributed by atoms with E-state index >= 15 is 0 Å². The summed E-state index contributed by atoms with van der Waals surface area (Å²) in [5.41, 5.74) is 0.339. The molecule has 1 amide bonds. The minimum atomic E-state index is -3.44. The van der Waals surface area contributed by atoms with E-state index < -0.39 is 15.7 Å². The third-order valence-electron chi connectivity index (χ3n) is 2.84. The Hall–Kier alpha value is -2.41. The molecule has 1 aromatic carbocycles. The van der Waals surface area contributed by atoms with Crippen molar-refractivity contribution in [2.24, 2.45) is 0 Å². The number of hydrogen-bond donors (Lipinski definition) is 2. The highest BCUT2D eigenvalue weighted by Crippen LogP contribution is 2.22. The van der Waals surface area contributed by atoms with Crippen LogP contribution in [0.25, 0.3) is 0 Å². The molecule has 0 bridgehead atoms. The molecule has 0 aliphatic rings. The number of para-hydroxylation sites is 1. The van der Waals surface area contributed by atoms with Gasteiger partial charge in [-0.15, -0.1) is 0 Å². The van der Waals surface area contributed by atoms with E-state index in [9.17, 15) is 18.3 Å². The molecule has 2 N–H and O–H groups in total. The van der Waals surface area contributed by atoms with Gasteiger partial charge in [-0.3, -0.25) is 9.78 Å². The second-order valence-electron chi connectivity index (χ2n) is 4.29. The van der Waals surface area contributed by atoms with Gasteiger partial charge >= 0.3 is 0 Å². The van der Waals surface area contributed by atoms with Crippen molar-refractivity contribution in [2.75, 3.05) is 11.1 Å². The Bertz CT molecular complexity index is 772. The molecule has 1 heterocycles. The summed E-state index contributed by atoms with van der Waals surface area (Å²) < 4.78 is 24.0. The van der Waals surface area contributed by atoms with Crippen molar-refractivity contribution in [2.45, 2.75) is 11.8 Å². The summed E-state index contributed by atoms with van der Waals surface area (Å²) in [6.45, 7) is 1.53. The average Bonchev–Trinajstić information content (AvgIpc) is 2.47. The SMILES string of the molecule is CCS(=O)(=O)c1ccccc1NC(=O)c1cncc(O)c1. The second kappa shape index (κ2) is 5.92. The van der Waals surface area contributed by atoms with Crippen molar-refractivity contribution in [1.82, 2.24) is 4.98 Å². The second-order valence-corrected chi connectivity index (χ2v) is 6.53. The van der Waals surface area contributed by atoms with Gasteiger partial charge in [-0.1, -0.05) is 19.1 Å². The summed E-state index contributed by atoms with van der Waals surface area (Å²) in [6.07, 6.45) is 2.48. The molecular formula is C14H14N2O4S. The van der Waals surface area contributed by atoms with E-state index in [1.165, 1.54) is 37.5 Å². The van der Waals surface area contributed by atoms with E-state index in [-0.39, 0.29) is 27.6 Å². The standard InChI is InChI=1S/C14H14N2O4S/c1-2-21(19,20)13-6-4-3-5-12(13)16-14(18)10-7-11(17)9-15-8-10/h3-9,17H,2H2,1H3,(H,16,18). The van der Waals surface area contributed by atoms with E-state index in [1.54, 1.807) is 12.1 Å². The highest BCUT2D eigenvalue weighted by molar-refractivity contribution is 7.91. The van der Waals surface area contributed by atoms with Gasteiger partial charge in [0, 0.05) is 6.20 Å². The van der Waals surface area contributed by atoms with Crippen LogP contribution in [0.5, 0.6) is 5.75 Å². The summed E-state index contributed by atoms with van der Waals surface area (Å²) in [4.78, 5) is 15.8. The number of carbonyl (C=O) groups is 1. The van der Waals surface area contributed by atoms with Crippen LogP contribution in [0.3, 0.4) is 0 Å². The summed E-state index contributed by atoms with van der Waals surface area (Å²) >= 11 is 0. The monoisotopic (exact) mass is 306 g/mol. The molecule has 0 saturated carbocycles. The smallest absolute Gasteiger partial charge is 0.257 e. The molecule has 0 fully saturated rings. The van der Waals surface area contributed by atoms with Crippen LogP contribution in [0.2, 0.25) is 0 Å². The number of nitrogens with zero attached hydrogens (tertiary/aromatic N) is 1. The molecule has 0 radical (unpaired) electrons. The zero-order valence-corrected chi connectivity index (χ0v) is 12.1. The summed E-state index contributed by atoms with van der Waals surface area (Å²) in [6, 6.07) is 7.42. The molecule has 7 heteroatoms. The fraction of sp³-hybridized carbons (Fsp3) is 0.143. The molecule has 21 heavy (non-hydrogen) atoms. The minimum Gasteiger partial charge on any atom is -0.506 e. The van der Waals surface area contributed by atoms with Gasteiger partial charge in [0.2, 0.25) is 0 Å². The summed E-state index contributed by atoms with van der Waals surface area (Å²) in [5, 5.41) is 11.8. The van der Waals surface area contributed by atoms with E-state index in [4.69, 9.17) is 0 Å². The van der Waals surface area contributed by atoms with Gasteiger partial charge in [0.15, 0.2) is 9.84 Å². The van der Waals surface area contributed by atoms with E-state index in [0.717, 1.165) is 0 Å². The molecule has 0 aliphatic carbocycles. The van der Waals surface area contributed by atoms with Crippen LogP contribution in [0.15, 0.2) is 47.6 Å². The van der Waals surface area contributed by atoms with Gasteiger partial charge in [-0.05, 0) is 18.2 Å². The zero-order valence-electron chi connectivity index (χ0n) is 11.3. The van der Waals surface area contributed by atoms with Crippen LogP contribution in [0.4, 0.5) is 5.69 Å².